The molecule has 0 aliphatic rings. The van der Waals surface area contributed by atoms with Crippen LogP contribution in [-0.2, 0) is 6.42 Å². The number of pyridine rings is 1. The van der Waals surface area contributed by atoms with Crippen molar-refractivity contribution in [3.8, 4) is 0 Å². The summed E-state index contributed by atoms with van der Waals surface area (Å²) < 4.78 is 2.17. The van der Waals surface area contributed by atoms with Crippen LogP contribution in [-0.4, -0.2) is 59.3 Å². The van der Waals surface area contributed by atoms with Gasteiger partial charge in [0.15, 0.2) is 0 Å². The maximum absolute atomic E-state index is 4.61. The molecule has 0 fully saturated rings. The molecule has 130 valence electrons. The number of alkyl halides is 1. The number of halogens is 2. The lowest BCUT2D eigenvalue weighted by atomic mass is 10.1. The van der Waals surface area contributed by atoms with Crippen LogP contribution >= 0.6 is 45.5 Å². The van der Waals surface area contributed by atoms with Gasteiger partial charge in [-0.15, -0.1) is 0 Å². The molecule has 23 heavy (non-hydrogen) atoms. The van der Waals surface area contributed by atoms with Crippen LogP contribution in [0.3, 0.4) is 0 Å². The zero-order valence-electron chi connectivity index (χ0n) is 15.2. The molecule has 5 heteroatoms. The van der Waals surface area contributed by atoms with Gasteiger partial charge in [0.05, 0.1) is 26.7 Å². The van der Waals surface area contributed by atoms with Crippen molar-refractivity contribution in [3.63, 3.8) is 0 Å². The Hall–Kier alpha value is 0.0100. The van der Waals surface area contributed by atoms with Gasteiger partial charge in [-0.25, -0.2) is 0 Å². The van der Waals surface area contributed by atoms with E-state index in [2.05, 4.69) is 102 Å². The average molecular weight is 542 g/mol. The molecule has 1 aromatic heterocycles. The van der Waals surface area contributed by atoms with E-state index in [9.17, 15) is 0 Å². The fourth-order valence-corrected chi connectivity index (χ4v) is 1.88. The number of rotatable bonds is 3. The van der Waals surface area contributed by atoms with Gasteiger partial charge in [0, 0.05) is 11.1 Å². The van der Waals surface area contributed by atoms with Crippen molar-refractivity contribution in [2.45, 2.75) is 12.8 Å². The Morgan fingerprint density at radius 2 is 1.52 bits per heavy atom. The zero-order valence-corrected chi connectivity index (χ0v) is 19.5. The average Bonchev–Trinajstić information content (AvgIpc) is 2.42. The van der Waals surface area contributed by atoms with Gasteiger partial charge in [-0.05, 0) is 50.5 Å². The maximum atomic E-state index is 4.61. The fraction of sp³-hybridized carbons (Fsp3) is 0.500. The van der Waals surface area contributed by atoms with Gasteiger partial charge >= 0.3 is 0 Å². The van der Waals surface area contributed by atoms with Crippen LogP contribution in [0.25, 0.3) is 10.9 Å². The molecule has 2 rings (SSSR count). The number of fused-ring (bicyclic) bond motifs is 1. The zero-order chi connectivity index (χ0) is 17.9. The number of nitrogens with zero attached hydrogens (tertiary/aromatic N) is 3. The molecule has 0 radical (unpaired) electrons. The molecule has 0 amide bonds. The van der Waals surface area contributed by atoms with Crippen LogP contribution in [0, 0.1) is 0 Å². The minimum Gasteiger partial charge on any atom is -0.312 e. The molecule has 0 spiro atoms. The smallest absolute Gasteiger partial charge is 0.247 e. The van der Waals surface area contributed by atoms with Crippen LogP contribution in [0.4, 0.5) is 0 Å². The van der Waals surface area contributed by atoms with Crippen LogP contribution in [0.1, 0.15) is 12.1 Å². The molecular weight excluding hydrogens is 512 g/mol. The topological polar surface area (TPSA) is 16.1 Å². The monoisotopic (exact) mass is 542 g/mol. The summed E-state index contributed by atoms with van der Waals surface area (Å²) in [6.07, 6.45) is 2.31. The first-order valence-electron chi connectivity index (χ1n) is 7.66. The van der Waals surface area contributed by atoms with Crippen molar-refractivity contribution in [2.24, 2.45) is 0 Å². The Morgan fingerprint density at radius 3 is 2.04 bits per heavy atom. The van der Waals surface area contributed by atoms with E-state index in [0.717, 1.165) is 14.6 Å². The number of hydrogen-bond acceptors (Lipinski definition) is 2. The third-order valence-electron chi connectivity index (χ3n) is 2.22. The van der Waals surface area contributed by atoms with E-state index in [1.165, 1.54) is 21.9 Å². The van der Waals surface area contributed by atoms with E-state index in [1.807, 2.05) is 32.1 Å². The number of quaternary nitrogens is 1. The molecule has 0 aliphatic carbocycles. The highest BCUT2D eigenvalue weighted by Gasteiger charge is 1.97. The lowest BCUT2D eigenvalue weighted by molar-refractivity contribution is -0.681. The van der Waals surface area contributed by atoms with E-state index < -0.39 is 0 Å². The molecule has 0 atom stereocenters. The standard InChI is InChI=1S/C12H12IN.C3H9IN.C3H9N/c13-9-3-5-11-8-7-10-4-1-2-6-12(10)14-11;1-5(2,3)4;1-4(2)3/h1-2,4,6-8H,3,5,9H2;1-3H3;1-3H3/q;+1;. The van der Waals surface area contributed by atoms with Crippen molar-refractivity contribution in [2.75, 3.05) is 46.7 Å². The van der Waals surface area contributed by atoms with E-state index in [-0.39, 0.29) is 0 Å². The summed E-state index contributed by atoms with van der Waals surface area (Å²) in [5.41, 5.74) is 2.32. The minimum absolute atomic E-state index is 0.970. The Bertz CT molecular complexity index is 542. The molecule has 2 aromatic rings. The molecule has 0 unspecified atom stereocenters. The highest BCUT2D eigenvalue weighted by Crippen LogP contribution is 2.12. The second kappa shape index (κ2) is 12.4. The largest absolute Gasteiger partial charge is 0.312 e. The Balaban J connectivity index is 0.000000450. The number of para-hydroxylation sites is 1. The van der Waals surface area contributed by atoms with Gasteiger partial charge in [0.1, 0.15) is 0 Å². The highest BCUT2D eigenvalue weighted by molar-refractivity contribution is 14.1. The summed E-state index contributed by atoms with van der Waals surface area (Å²) in [5.74, 6) is 0. The van der Waals surface area contributed by atoms with Crippen LogP contribution in [0.5, 0.6) is 0 Å². The quantitative estimate of drug-likeness (QED) is 0.314. The molecule has 0 N–H and O–H groups in total. The Morgan fingerprint density at radius 1 is 1.00 bits per heavy atom. The van der Waals surface area contributed by atoms with Crippen molar-refractivity contribution >= 4 is 56.4 Å². The molecule has 0 bridgehead atoms. The predicted octanol–water partition coefficient (Wildman–Crippen LogP) is 4.82. The third-order valence-corrected chi connectivity index (χ3v) is 2.99. The van der Waals surface area contributed by atoms with E-state index in [1.54, 1.807) is 0 Å². The third kappa shape index (κ3) is 15.3. The summed E-state index contributed by atoms with van der Waals surface area (Å²) in [6, 6.07) is 12.6. The Labute approximate surface area is 169 Å². The summed E-state index contributed by atoms with van der Waals surface area (Å²) in [7, 11) is 12.3. The molecule has 1 aromatic carbocycles. The van der Waals surface area contributed by atoms with Crippen LogP contribution < -0.4 is 0 Å². The van der Waals surface area contributed by atoms with Crippen molar-refractivity contribution in [3.05, 3.63) is 42.1 Å². The van der Waals surface area contributed by atoms with Gasteiger partial charge in [0.2, 0.25) is 22.9 Å². The predicted molar refractivity (Wildman–Crippen MR) is 121 cm³/mol. The number of aromatic nitrogens is 1. The summed E-state index contributed by atoms with van der Waals surface area (Å²) in [5, 5.41) is 1.23. The van der Waals surface area contributed by atoms with E-state index in [0.29, 0.717) is 0 Å². The fourth-order valence-electron chi connectivity index (χ4n) is 1.50. The molecular formula is C18H30I2N3+. The van der Waals surface area contributed by atoms with Crippen LogP contribution in [0.15, 0.2) is 36.4 Å². The van der Waals surface area contributed by atoms with Gasteiger partial charge in [0.25, 0.3) is 0 Å². The first kappa shape index (κ1) is 23.0. The Kier molecular flexibility index (Phi) is 12.4. The van der Waals surface area contributed by atoms with Gasteiger partial charge < -0.3 is 4.90 Å². The first-order valence-corrected chi connectivity index (χ1v) is 10.1. The van der Waals surface area contributed by atoms with Gasteiger partial charge in [-0.2, -0.15) is 0 Å². The van der Waals surface area contributed by atoms with Crippen LogP contribution in [0.2, 0.25) is 0 Å². The molecule has 1 heterocycles. The SMILES string of the molecule is CN(C)C.C[N+](C)(C)I.ICCCc1ccc2ccccc2n1. The highest BCUT2D eigenvalue weighted by atomic mass is 127. The van der Waals surface area contributed by atoms with Gasteiger partial charge in [-0.3, -0.25) is 7.68 Å². The normalized spacial score (nSPS) is 10.7. The molecule has 0 saturated heterocycles. The van der Waals surface area contributed by atoms with Crippen molar-refractivity contribution in [1.82, 2.24) is 9.88 Å². The lowest BCUT2D eigenvalue weighted by Crippen LogP contribution is -2.18. The summed E-state index contributed by atoms with van der Waals surface area (Å²) in [6.45, 7) is 0. The second-order valence-corrected chi connectivity index (χ2v) is 10.5. The van der Waals surface area contributed by atoms with Gasteiger partial charge in [-0.1, -0.05) is 46.9 Å². The van der Waals surface area contributed by atoms with Crippen molar-refractivity contribution < 1.29 is 2.70 Å². The lowest BCUT2D eigenvalue weighted by Gasteiger charge is -2.09. The summed E-state index contributed by atoms with van der Waals surface area (Å²) >= 11 is 4.72. The van der Waals surface area contributed by atoms with E-state index in [4.69, 9.17) is 0 Å². The van der Waals surface area contributed by atoms with E-state index >= 15 is 0 Å². The maximum Gasteiger partial charge on any atom is 0.247 e. The molecule has 3 nitrogen and oxygen atoms in total. The number of hydrogen-bond donors (Lipinski definition) is 0. The first-order chi connectivity index (χ1) is 10.6. The summed E-state index contributed by atoms with van der Waals surface area (Å²) in [4.78, 5) is 6.61. The molecule has 0 aliphatic heterocycles. The second-order valence-electron chi connectivity index (χ2n) is 6.48. The number of benzene rings is 1. The number of aryl methyl sites for hydroxylation is 1. The van der Waals surface area contributed by atoms with Crippen molar-refractivity contribution in [1.29, 1.82) is 0 Å². The minimum atomic E-state index is 0.970. The molecule has 0 saturated carbocycles.